The lowest BCUT2D eigenvalue weighted by atomic mass is 10.1. The van der Waals surface area contributed by atoms with Crippen LogP contribution in [0, 0.1) is 12.7 Å². The first-order chi connectivity index (χ1) is 15.9. The molecule has 1 amide bonds. The maximum absolute atomic E-state index is 14.1. The summed E-state index contributed by atoms with van der Waals surface area (Å²) in [6, 6.07) is 19.4. The number of carbonyl (C=O) groups excluding carboxylic acids is 1. The van der Waals surface area contributed by atoms with Gasteiger partial charge in [-0.15, -0.1) is 0 Å². The Kier molecular flexibility index (Phi) is 6.58. The Morgan fingerprint density at radius 3 is 2.27 bits per heavy atom. The summed E-state index contributed by atoms with van der Waals surface area (Å²) < 4.78 is 14.1. The van der Waals surface area contributed by atoms with Crippen molar-refractivity contribution in [2.24, 2.45) is 0 Å². The highest BCUT2D eigenvalue weighted by Gasteiger charge is 2.21. The molecule has 33 heavy (non-hydrogen) atoms. The van der Waals surface area contributed by atoms with E-state index in [4.69, 9.17) is 0 Å². The van der Waals surface area contributed by atoms with Gasteiger partial charge in [0.05, 0.1) is 23.4 Å². The summed E-state index contributed by atoms with van der Waals surface area (Å²) in [5, 5.41) is 12.5. The van der Waals surface area contributed by atoms with Crippen molar-refractivity contribution < 1.29 is 19.1 Å². The number of benzene rings is 3. The summed E-state index contributed by atoms with van der Waals surface area (Å²) >= 11 is 0. The second kappa shape index (κ2) is 9.73. The first kappa shape index (κ1) is 22.3. The van der Waals surface area contributed by atoms with Gasteiger partial charge in [-0.2, -0.15) is 0 Å². The molecule has 0 radical (unpaired) electrons. The van der Waals surface area contributed by atoms with E-state index in [1.54, 1.807) is 24.3 Å². The molecule has 0 unspecified atom stereocenters. The first-order valence-corrected chi connectivity index (χ1v) is 10.9. The van der Waals surface area contributed by atoms with Crippen molar-refractivity contribution in [3.8, 4) is 0 Å². The summed E-state index contributed by atoms with van der Waals surface area (Å²) in [5.74, 6) is -1.62. The molecule has 1 aliphatic heterocycles. The maximum Gasteiger partial charge on any atom is 0.337 e. The molecule has 0 aliphatic carbocycles. The number of halogens is 1. The Morgan fingerprint density at radius 2 is 1.61 bits per heavy atom. The van der Waals surface area contributed by atoms with E-state index in [9.17, 15) is 19.1 Å². The minimum absolute atomic E-state index is 0.0429. The van der Waals surface area contributed by atoms with Crippen LogP contribution in [-0.4, -0.2) is 43.2 Å². The number of amides is 1. The van der Waals surface area contributed by atoms with Crippen molar-refractivity contribution in [1.29, 1.82) is 0 Å². The normalized spacial score (nSPS) is 13.6. The monoisotopic (exact) mass is 447 g/mol. The molecule has 1 heterocycles. The molecule has 170 valence electrons. The highest BCUT2D eigenvalue weighted by Crippen LogP contribution is 2.27. The number of carbonyl (C=O) groups is 2. The third kappa shape index (κ3) is 5.31. The SMILES string of the molecule is Cc1ccc(CC(=O)Nc2ccc(N3CCN(c4ccccc4F)CC3)cc2C(=O)O)cc1. The maximum atomic E-state index is 14.1. The zero-order valence-electron chi connectivity index (χ0n) is 18.4. The molecule has 4 rings (SSSR count). The Hall–Kier alpha value is -3.87. The predicted molar refractivity (Wildman–Crippen MR) is 128 cm³/mol. The Morgan fingerprint density at radius 1 is 0.939 bits per heavy atom. The molecule has 1 saturated heterocycles. The van der Waals surface area contributed by atoms with Crippen LogP contribution in [0.5, 0.6) is 0 Å². The van der Waals surface area contributed by atoms with E-state index in [2.05, 4.69) is 10.2 Å². The van der Waals surface area contributed by atoms with Gasteiger partial charge >= 0.3 is 5.97 Å². The van der Waals surface area contributed by atoms with Crippen LogP contribution < -0.4 is 15.1 Å². The van der Waals surface area contributed by atoms with Crippen LogP contribution in [-0.2, 0) is 11.2 Å². The molecule has 7 heteroatoms. The van der Waals surface area contributed by atoms with Gasteiger partial charge in [0.1, 0.15) is 5.82 Å². The van der Waals surface area contributed by atoms with Crippen molar-refractivity contribution in [2.75, 3.05) is 41.3 Å². The van der Waals surface area contributed by atoms with Crippen LogP contribution in [0.15, 0.2) is 66.7 Å². The lowest BCUT2D eigenvalue weighted by Crippen LogP contribution is -2.46. The molecule has 1 fully saturated rings. The van der Waals surface area contributed by atoms with Gasteiger partial charge in [-0.05, 0) is 42.8 Å². The zero-order valence-corrected chi connectivity index (χ0v) is 18.4. The smallest absolute Gasteiger partial charge is 0.337 e. The van der Waals surface area contributed by atoms with Crippen LogP contribution in [0.1, 0.15) is 21.5 Å². The summed E-state index contributed by atoms with van der Waals surface area (Å²) in [6.45, 7) is 4.49. The standard InChI is InChI=1S/C26H26FN3O3/c1-18-6-8-19(9-7-18)16-25(31)28-23-11-10-20(17-21(23)26(32)33)29-12-14-30(15-13-29)24-5-3-2-4-22(24)27/h2-11,17H,12-16H2,1H3,(H,28,31)(H,32,33). The average Bonchev–Trinajstić information content (AvgIpc) is 2.81. The molecule has 6 nitrogen and oxygen atoms in total. The Labute approximate surface area is 192 Å². The summed E-state index contributed by atoms with van der Waals surface area (Å²) in [7, 11) is 0. The third-order valence-electron chi connectivity index (χ3n) is 5.83. The van der Waals surface area contributed by atoms with Gasteiger partial charge < -0.3 is 20.2 Å². The molecule has 3 aromatic carbocycles. The molecule has 1 aliphatic rings. The Balaban J connectivity index is 1.44. The van der Waals surface area contributed by atoms with Crippen molar-refractivity contribution in [2.45, 2.75) is 13.3 Å². The number of hydrogen-bond acceptors (Lipinski definition) is 4. The number of carboxylic acids is 1. The van der Waals surface area contributed by atoms with Crippen LogP contribution >= 0.6 is 0 Å². The molecule has 0 atom stereocenters. The number of piperazine rings is 1. The van der Waals surface area contributed by atoms with E-state index in [1.807, 2.05) is 48.2 Å². The van der Waals surface area contributed by atoms with Gasteiger partial charge in [0.25, 0.3) is 0 Å². The van der Waals surface area contributed by atoms with Crippen LogP contribution in [0.3, 0.4) is 0 Å². The molecule has 0 saturated carbocycles. The van der Waals surface area contributed by atoms with Crippen molar-refractivity contribution >= 4 is 28.9 Å². The highest BCUT2D eigenvalue weighted by molar-refractivity contribution is 6.01. The highest BCUT2D eigenvalue weighted by atomic mass is 19.1. The van der Waals surface area contributed by atoms with E-state index in [0.29, 0.717) is 31.9 Å². The molecule has 0 aromatic heterocycles. The summed E-state index contributed by atoms with van der Waals surface area (Å²) in [4.78, 5) is 28.4. The van der Waals surface area contributed by atoms with Gasteiger partial charge in [0, 0.05) is 31.9 Å². The van der Waals surface area contributed by atoms with Crippen molar-refractivity contribution in [1.82, 2.24) is 0 Å². The molecule has 3 aromatic rings. The minimum atomic E-state index is -1.10. The zero-order chi connectivity index (χ0) is 23.4. The number of para-hydroxylation sites is 1. The number of anilines is 3. The topological polar surface area (TPSA) is 72.9 Å². The summed E-state index contributed by atoms with van der Waals surface area (Å²) in [6.07, 6.45) is 0.166. The van der Waals surface area contributed by atoms with Gasteiger partial charge in [0.2, 0.25) is 5.91 Å². The van der Waals surface area contributed by atoms with E-state index >= 15 is 0 Å². The quantitative estimate of drug-likeness (QED) is 0.588. The van der Waals surface area contributed by atoms with Crippen molar-refractivity contribution in [3.05, 3.63) is 89.2 Å². The number of carboxylic acid groups (broad SMARTS) is 1. The summed E-state index contributed by atoms with van der Waals surface area (Å²) in [5.41, 5.74) is 3.62. The third-order valence-corrected chi connectivity index (χ3v) is 5.83. The van der Waals surface area contributed by atoms with Gasteiger partial charge in [-0.1, -0.05) is 42.0 Å². The van der Waals surface area contributed by atoms with Gasteiger partial charge in [0.15, 0.2) is 0 Å². The lowest BCUT2D eigenvalue weighted by molar-refractivity contribution is -0.115. The fraction of sp³-hybridized carbons (Fsp3) is 0.231. The number of aryl methyl sites for hydroxylation is 1. The minimum Gasteiger partial charge on any atom is -0.478 e. The molecule has 0 spiro atoms. The van der Waals surface area contributed by atoms with E-state index in [0.717, 1.165) is 16.8 Å². The average molecular weight is 448 g/mol. The number of hydrogen-bond donors (Lipinski definition) is 2. The molecular formula is C26H26FN3O3. The molecule has 0 bridgehead atoms. The van der Waals surface area contributed by atoms with Crippen LogP contribution in [0.4, 0.5) is 21.5 Å². The van der Waals surface area contributed by atoms with E-state index < -0.39 is 5.97 Å². The predicted octanol–water partition coefficient (Wildman–Crippen LogP) is 4.34. The second-order valence-electron chi connectivity index (χ2n) is 8.17. The van der Waals surface area contributed by atoms with Crippen LogP contribution in [0.25, 0.3) is 0 Å². The van der Waals surface area contributed by atoms with Crippen molar-refractivity contribution in [3.63, 3.8) is 0 Å². The van der Waals surface area contributed by atoms with E-state index in [1.165, 1.54) is 6.07 Å². The first-order valence-electron chi connectivity index (χ1n) is 10.9. The number of rotatable bonds is 6. The number of nitrogens with zero attached hydrogens (tertiary/aromatic N) is 2. The molecule has 2 N–H and O–H groups in total. The largest absolute Gasteiger partial charge is 0.478 e. The number of nitrogens with one attached hydrogen (secondary N) is 1. The fourth-order valence-electron chi connectivity index (χ4n) is 4.01. The van der Waals surface area contributed by atoms with Gasteiger partial charge in [-0.3, -0.25) is 4.79 Å². The molecular weight excluding hydrogens is 421 g/mol. The van der Waals surface area contributed by atoms with E-state index in [-0.39, 0.29) is 29.4 Å². The lowest BCUT2D eigenvalue weighted by Gasteiger charge is -2.37. The number of aromatic carboxylic acids is 1. The van der Waals surface area contributed by atoms with Crippen LogP contribution in [0.2, 0.25) is 0 Å². The van der Waals surface area contributed by atoms with Gasteiger partial charge in [-0.25, -0.2) is 9.18 Å². The fourth-order valence-corrected chi connectivity index (χ4v) is 4.01. The Bertz CT molecular complexity index is 1160. The second-order valence-corrected chi connectivity index (χ2v) is 8.17.